The van der Waals surface area contributed by atoms with Gasteiger partial charge in [0.2, 0.25) is 0 Å². The second-order valence-electron chi connectivity index (χ2n) is 11.7. The van der Waals surface area contributed by atoms with Crippen molar-refractivity contribution in [3.05, 3.63) is 140 Å². The average Bonchev–Trinajstić information content (AvgIpc) is 3.48. The SMILES string of the molecule is c1cc2cc(c1)c1ccc3ccc4cccc(c5nc(-c6ccc7c(c6)oc6ccccc67)nc(n5)c5cccc2c5)c4c3c1. The van der Waals surface area contributed by atoms with Crippen molar-refractivity contribution in [3.8, 4) is 11.4 Å². The zero-order valence-electron chi connectivity index (χ0n) is 24.0. The summed E-state index contributed by atoms with van der Waals surface area (Å²) in [5.74, 6) is 0.606. The van der Waals surface area contributed by atoms with Gasteiger partial charge in [0.05, 0.1) is 0 Å². The summed E-state index contributed by atoms with van der Waals surface area (Å²) in [5.41, 5.74) is 3.83. The maximum absolute atomic E-state index is 6.25. The molecule has 4 nitrogen and oxygen atoms in total. The predicted molar refractivity (Wildman–Crippen MR) is 186 cm³/mol. The van der Waals surface area contributed by atoms with Gasteiger partial charge in [0, 0.05) is 32.5 Å². The van der Waals surface area contributed by atoms with Crippen molar-refractivity contribution in [1.29, 1.82) is 0 Å². The number of fused-ring (bicyclic) bond motifs is 14. The number of hydrogen-bond acceptors (Lipinski definition) is 4. The van der Waals surface area contributed by atoms with Gasteiger partial charge in [-0.3, -0.25) is 0 Å². The molecule has 0 amide bonds. The Morgan fingerprint density at radius 2 is 0.978 bits per heavy atom. The molecule has 8 bridgehead atoms. The Morgan fingerprint density at radius 1 is 0.356 bits per heavy atom. The number of nitrogens with zero attached hydrogens (tertiary/aromatic N) is 3. The molecule has 3 heterocycles. The third-order valence-electron chi connectivity index (χ3n) is 9.03. The van der Waals surface area contributed by atoms with Gasteiger partial charge in [0.1, 0.15) is 11.2 Å². The highest BCUT2D eigenvalue weighted by molar-refractivity contribution is 6.20. The van der Waals surface area contributed by atoms with Gasteiger partial charge >= 0.3 is 0 Å². The van der Waals surface area contributed by atoms with Gasteiger partial charge in [-0.1, -0.05) is 103 Å². The maximum Gasteiger partial charge on any atom is 0.164 e. The van der Waals surface area contributed by atoms with Crippen LogP contribution in [0.5, 0.6) is 0 Å². The van der Waals surface area contributed by atoms with Crippen molar-refractivity contribution < 1.29 is 4.42 Å². The molecule has 208 valence electrons. The maximum atomic E-state index is 6.25. The summed E-state index contributed by atoms with van der Waals surface area (Å²) in [6.07, 6.45) is 0. The highest BCUT2D eigenvalue weighted by atomic mass is 16.3. The fourth-order valence-electron chi connectivity index (χ4n) is 6.81. The Balaban J connectivity index is 1.40. The van der Waals surface area contributed by atoms with Crippen LogP contribution in [0.1, 0.15) is 0 Å². The lowest BCUT2D eigenvalue weighted by atomic mass is 9.97. The molecule has 10 aromatic rings. The lowest BCUT2D eigenvalue weighted by Crippen LogP contribution is -1.95. The van der Waals surface area contributed by atoms with Crippen molar-refractivity contribution in [2.75, 3.05) is 0 Å². The molecule has 0 aliphatic rings. The minimum Gasteiger partial charge on any atom is -0.456 e. The van der Waals surface area contributed by atoms with Gasteiger partial charge in [-0.2, -0.15) is 0 Å². The molecule has 0 N–H and O–H groups in total. The minimum absolute atomic E-state index is 0.606. The molecule has 0 saturated heterocycles. The van der Waals surface area contributed by atoms with E-state index in [1.165, 1.54) is 21.5 Å². The molecule has 0 spiro atoms. The fraction of sp³-hybridized carbons (Fsp3) is 0. The molecular weight excluding hydrogens is 550 g/mol. The van der Waals surface area contributed by atoms with E-state index >= 15 is 0 Å². The molecule has 0 fully saturated rings. The van der Waals surface area contributed by atoms with Crippen LogP contribution in [0.3, 0.4) is 0 Å². The molecule has 0 unspecified atom stereocenters. The summed E-state index contributed by atoms with van der Waals surface area (Å²) in [6.45, 7) is 0. The molecule has 0 radical (unpaired) electrons. The van der Waals surface area contributed by atoms with E-state index in [-0.39, 0.29) is 0 Å². The standard InChI is InChI=1S/C41H23N3O/c1-2-13-36-32(11-1)33-19-18-31(23-37(33)45-36)40-42-39-30-10-4-9-28(21-30)26-7-3-8-27(20-26)29-17-15-24-14-16-25-6-5-12-34(41(43-39)44-40)38(25)35(24)22-29/h1-23H. The van der Waals surface area contributed by atoms with E-state index in [0.29, 0.717) is 17.1 Å². The molecule has 7 aromatic carbocycles. The monoisotopic (exact) mass is 573 g/mol. The normalized spacial score (nSPS) is 12.0. The first-order valence-corrected chi connectivity index (χ1v) is 15.1. The van der Waals surface area contributed by atoms with E-state index in [4.69, 9.17) is 19.4 Å². The largest absolute Gasteiger partial charge is 0.456 e. The smallest absolute Gasteiger partial charge is 0.164 e. The van der Waals surface area contributed by atoms with E-state index in [0.717, 1.165) is 59.8 Å². The summed E-state index contributed by atoms with van der Waals surface area (Å²) < 4.78 is 6.25. The number of furan rings is 1. The van der Waals surface area contributed by atoms with Crippen molar-refractivity contribution in [2.24, 2.45) is 0 Å². The molecule has 0 saturated carbocycles. The van der Waals surface area contributed by atoms with E-state index in [1.54, 1.807) is 0 Å². The van der Waals surface area contributed by atoms with E-state index in [9.17, 15) is 0 Å². The Bertz CT molecular complexity index is 2890. The first-order chi connectivity index (χ1) is 22.2. The Kier molecular flexibility index (Phi) is 4.96. The lowest BCUT2D eigenvalue weighted by Gasteiger charge is -2.09. The lowest BCUT2D eigenvalue weighted by molar-refractivity contribution is 0.669. The zero-order valence-corrected chi connectivity index (χ0v) is 24.0. The molecular formula is C41H23N3O. The Hall–Kier alpha value is -6.13. The average molecular weight is 574 g/mol. The second-order valence-corrected chi connectivity index (χ2v) is 11.7. The fourth-order valence-corrected chi connectivity index (χ4v) is 6.81. The predicted octanol–water partition coefficient (Wildman–Crippen LogP) is 10.9. The summed E-state index contributed by atoms with van der Waals surface area (Å²) >= 11 is 0. The van der Waals surface area contributed by atoms with E-state index in [1.807, 2.05) is 24.3 Å². The van der Waals surface area contributed by atoms with Crippen LogP contribution in [-0.2, 0) is 0 Å². The van der Waals surface area contributed by atoms with Gasteiger partial charge in [-0.25, -0.2) is 15.0 Å². The van der Waals surface area contributed by atoms with E-state index in [2.05, 4.69) is 115 Å². The first kappa shape index (κ1) is 24.3. The summed E-state index contributed by atoms with van der Waals surface area (Å²) in [6, 6.07) is 49.1. The quantitative estimate of drug-likeness (QED) is 0.183. The van der Waals surface area contributed by atoms with Crippen molar-refractivity contribution in [1.82, 2.24) is 15.0 Å². The highest BCUT2D eigenvalue weighted by Crippen LogP contribution is 2.35. The summed E-state index contributed by atoms with van der Waals surface area (Å²) in [7, 11) is 0. The van der Waals surface area contributed by atoms with Crippen LogP contribution in [0.4, 0.5) is 0 Å². The Morgan fingerprint density at radius 3 is 1.84 bits per heavy atom. The third kappa shape index (κ3) is 3.76. The zero-order chi connectivity index (χ0) is 29.5. The summed E-state index contributed by atoms with van der Waals surface area (Å²) in [4.78, 5) is 15.4. The topological polar surface area (TPSA) is 51.8 Å². The van der Waals surface area contributed by atoms with Crippen molar-refractivity contribution >= 4 is 87.1 Å². The van der Waals surface area contributed by atoms with Crippen molar-refractivity contribution in [3.63, 3.8) is 0 Å². The number of hydrogen-bond donors (Lipinski definition) is 0. The Labute approximate surface area is 256 Å². The molecule has 0 atom stereocenters. The number of para-hydroxylation sites is 1. The van der Waals surface area contributed by atoms with Gasteiger partial charge < -0.3 is 4.42 Å². The number of aromatic nitrogens is 3. The molecule has 10 rings (SSSR count). The van der Waals surface area contributed by atoms with Gasteiger partial charge in [-0.15, -0.1) is 0 Å². The van der Waals surface area contributed by atoms with Gasteiger partial charge in [0.25, 0.3) is 0 Å². The number of benzene rings is 7. The van der Waals surface area contributed by atoms with Crippen LogP contribution in [0.25, 0.3) is 98.5 Å². The second kappa shape index (κ2) is 9.18. The van der Waals surface area contributed by atoms with Crippen LogP contribution >= 0.6 is 0 Å². The summed E-state index contributed by atoms with van der Waals surface area (Å²) in [5, 5.41) is 13.3. The highest BCUT2D eigenvalue weighted by Gasteiger charge is 2.13. The van der Waals surface area contributed by atoms with Crippen LogP contribution in [-0.4, -0.2) is 15.0 Å². The van der Waals surface area contributed by atoms with Gasteiger partial charge in [0.15, 0.2) is 17.1 Å². The van der Waals surface area contributed by atoms with Gasteiger partial charge in [-0.05, 0) is 74.1 Å². The molecule has 0 aliphatic heterocycles. The van der Waals surface area contributed by atoms with Crippen molar-refractivity contribution in [2.45, 2.75) is 0 Å². The third-order valence-corrected chi connectivity index (χ3v) is 9.03. The van der Waals surface area contributed by atoms with E-state index < -0.39 is 0 Å². The van der Waals surface area contributed by atoms with Crippen LogP contribution in [0.15, 0.2) is 144 Å². The molecule has 3 aromatic heterocycles. The molecule has 45 heavy (non-hydrogen) atoms. The van der Waals surface area contributed by atoms with Crippen LogP contribution in [0.2, 0.25) is 0 Å². The van der Waals surface area contributed by atoms with Crippen LogP contribution in [0, 0.1) is 0 Å². The minimum atomic E-state index is 0.606. The molecule has 0 aliphatic carbocycles. The first-order valence-electron chi connectivity index (χ1n) is 15.1. The number of rotatable bonds is 1. The van der Waals surface area contributed by atoms with Crippen LogP contribution < -0.4 is 0 Å². The molecule has 4 heteroatoms.